The normalized spacial score (nSPS) is 31.3. The molecule has 18 heavy (non-hydrogen) atoms. The van der Waals surface area contributed by atoms with Crippen molar-refractivity contribution in [1.29, 1.82) is 0 Å². The van der Waals surface area contributed by atoms with E-state index in [2.05, 4.69) is 5.32 Å². The molecule has 0 saturated heterocycles. The predicted molar refractivity (Wildman–Crippen MR) is 64.1 cm³/mol. The first-order chi connectivity index (χ1) is 8.33. The van der Waals surface area contributed by atoms with Crippen LogP contribution in [-0.4, -0.2) is 36.0 Å². The molecule has 1 aliphatic rings. The van der Waals surface area contributed by atoms with E-state index in [1.807, 2.05) is 6.92 Å². The van der Waals surface area contributed by atoms with Crippen molar-refractivity contribution in [3.8, 4) is 0 Å². The summed E-state index contributed by atoms with van der Waals surface area (Å²) in [5, 5.41) is 12.2. The van der Waals surface area contributed by atoms with Gasteiger partial charge in [0.25, 0.3) is 0 Å². The number of hydrogen-bond acceptors (Lipinski definition) is 3. The van der Waals surface area contributed by atoms with E-state index in [-0.39, 0.29) is 25.5 Å². The van der Waals surface area contributed by atoms with Gasteiger partial charge >= 0.3 is 6.18 Å². The van der Waals surface area contributed by atoms with Crippen LogP contribution in [0.25, 0.3) is 0 Å². The van der Waals surface area contributed by atoms with Crippen molar-refractivity contribution in [2.45, 2.75) is 56.8 Å². The van der Waals surface area contributed by atoms with Crippen molar-refractivity contribution >= 4 is 0 Å². The highest BCUT2D eigenvalue weighted by Crippen LogP contribution is 2.41. The lowest BCUT2D eigenvalue weighted by Gasteiger charge is -2.42. The van der Waals surface area contributed by atoms with Crippen LogP contribution in [0.4, 0.5) is 13.2 Å². The first-order valence-corrected chi connectivity index (χ1v) is 6.48. The van der Waals surface area contributed by atoms with Gasteiger partial charge in [-0.15, -0.1) is 0 Å². The van der Waals surface area contributed by atoms with Gasteiger partial charge in [-0.05, 0) is 39.0 Å². The average molecular weight is 268 g/mol. The van der Waals surface area contributed by atoms with Crippen molar-refractivity contribution in [1.82, 2.24) is 5.32 Å². The highest BCUT2D eigenvalue weighted by Gasteiger charge is 2.45. The lowest BCUT2D eigenvalue weighted by Crippen LogP contribution is -2.57. The van der Waals surface area contributed by atoms with Gasteiger partial charge in [0.1, 0.15) is 0 Å². The molecule has 1 unspecified atom stereocenters. The summed E-state index contributed by atoms with van der Waals surface area (Å²) < 4.78 is 37.8. The maximum absolute atomic E-state index is 12.6. The van der Waals surface area contributed by atoms with Crippen LogP contribution in [0.2, 0.25) is 0 Å². The summed E-state index contributed by atoms with van der Waals surface area (Å²) in [6, 6.07) is 0.0704. The Bertz CT molecular complexity index is 250. The summed E-state index contributed by atoms with van der Waals surface area (Å²) in [7, 11) is 0. The molecule has 1 fully saturated rings. The third kappa shape index (κ3) is 4.10. The van der Waals surface area contributed by atoms with Crippen molar-refractivity contribution in [3.63, 3.8) is 0 Å². The van der Waals surface area contributed by atoms with Gasteiger partial charge < -0.3 is 16.2 Å². The molecule has 3 nitrogen and oxygen atoms in total. The molecule has 0 aromatic heterocycles. The Morgan fingerprint density at radius 2 is 1.94 bits per heavy atom. The number of aliphatic hydroxyl groups is 1. The second-order valence-electron chi connectivity index (χ2n) is 5.36. The molecule has 1 aliphatic carbocycles. The first-order valence-electron chi connectivity index (χ1n) is 6.48. The van der Waals surface area contributed by atoms with Gasteiger partial charge in [0, 0.05) is 24.7 Å². The average Bonchev–Trinajstić information content (AvgIpc) is 2.28. The van der Waals surface area contributed by atoms with Crippen LogP contribution >= 0.6 is 0 Å². The smallest absolute Gasteiger partial charge is 0.391 e. The van der Waals surface area contributed by atoms with Crippen LogP contribution in [0.5, 0.6) is 0 Å². The monoisotopic (exact) mass is 268 g/mol. The maximum atomic E-state index is 12.6. The van der Waals surface area contributed by atoms with Gasteiger partial charge in [-0.3, -0.25) is 0 Å². The van der Waals surface area contributed by atoms with Crippen LogP contribution in [0.1, 0.15) is 39.0 Å². The summed E-state index contributed by atoms with van der Waals surface area (Å²) in [5.41, 5.74) is 5.34. The zero-order valence-corrected chi connectivity index (χ0v) is 10.8. The van der Waals surface area contributed by atoms with E-state index in [0.29, 0.717) is 25.8 Å². The Hall–Kier alpha value is -0.330. The molecule has 1 rings (SSSR count). The minimum Gasteiger partial charge on any atom is -0.396 e. The lowest BCUT2D eigenvalue weighted by atomic mass is 9.75. The molecule has 0 amide bonds. The molecule has 0 radical (unpaired) electrons. The lowest BCUT2D eigenvalue weighted by molar-refractivity contribution is -0.185. The summed E-state index contributed by atoms with van der Waals surface area (Å²) in [6.45, 7) is 2.33. The van der Waals surface area contributed by atoms with Crippen LogP contribution < -0.4 is 11.1 Å². The van der Waals surface area contributed by atoms with E-state index in [4.69, 9.17) is 10.8 Å². The molecule has 1 saturated carbocycles. The molecule has 0 spiro atoms. The fourth-order valence-electron chi connectivity index (χ4n) is 2.69. The highest BCUT2D eigenvalue weighted by molar-refractivity contribution is 4.96. The topological polar surface area (TPSA) is 58.3 Å². The van der Waals surface area contributed by atoms with E-state index in [9.17, 15) is 13.2 Å². The van der Waals surface area contributed by atoms with E-state index >= 15 is 0 Å². The van der Waals surface area contributed by atoms with Gasteiger partial charge in [0.15, 0.2) is 0 Å². The van der Waals surface area contributed by atoms with Crippen molar-refractivity contribution in [2.75, 3.05) is 13.2 Å². The molecular formula is C12H23F3N2O. The molecule has 108 valence electrons. The third-order valence-corrected chi connectivity index (χ3v) is 3.91. The molecule has 6 heteroatoms. The predicted octanol–water partition coefficient (Wildman–Crippen LogP) is 1.80. The molecule has 0 bridgehead atoms. The molecule has 0 aromatic rings. The number of nitrogens with one attached hydrogen (secondary N) is 1. The fraction of sp³-hybridized carbons (Fsp3) is 1.00. The number of hydrogen-bond donors (Lipinski definition) is 3. The minimum atomic E-state index is -4.09. The second kappa shape index (κ2) is 6.21. The van der Waals surface area contributed by atoms with Gasteiger partial charge in [-0.25, -0.2) is 0 Å². The Morgan fingerprint density at radius 3 is 2.33 bits per heavy atom. The number of nitrogens with two attached hydrogens (primary N) is 1. The minimum absolute atomic E-state index is 0.0694. The second-order valence-corrected chi connectivity index (χ2v) is 5.36. The van der Waals surface area contributed by atoms with E-state index in [0.717, 1.165) is 0 Å². The number of halogens is 3. The summed E-state index contributed by atoms with van der Waals surface area (Å²) >= 11 is 0. The quantitative estimate of drug-likeness (QED) is 0.712. The molecule has 4 N–H and O–H groups in total. The van der Waals surface area contributed by atoms with Crippen LogP contribution in [0, 0.1) is 5.92 Å². The van der Waals surface area contributed by atoms with Gasteiger partial charge in [0.2, 0.25) is 0 Å². The van der Waals surface area contributed by atoms with Gasteiger partial charge in [0.05, 0.1) is 5.92 Å². The Kier molecular flexibility index (Phi) is 5.43. The van der Waals surface area contributed by atoms with Crippen molar-refractivity contribution < 1.29 is 18.3 Å². The number of alkyl halides is 3. The summed E-state index contributed by atoms with van der Waals surface area (Å²) in [5.74, 6) is -1.19. The standard InChI is InChI=1S/C12H23F3N2O/c1-9(4-7-18)17-11(8-16)5-2-10(3-6-11)12(13,14)15/h9-10,17-18H,2-8,16H2,1H3. The Labute approximate surface area is 106 Å². The number of rotatable bonds is 5. The van der Waals surface area contributed by atoms with E-state index < -0.39 is 17.6 Å². The highest BCUT2D eigenvalue weighted by atomic mass is 19.4. The van der Waals surface area contributed by atoms with E-state index in [1.54, 1.807) is 0 Å². The first kappa shape index (κ1) is 15.7. The molecular weight excluding hydrogens is 245 g/mol. The zero-order chi connectivity index (χ0) is 13.8. The molecule has 0 aromatic carbocycles. The number of aliphatic hydroxyl groups excluding tert-OH is 1. The zero-order valence-electron chi connectivity index (χ0n) is 10.8. The maximum Gasteiger partial charge on any atom is 0.391 e. The van der Waals surface area contributed by atoms with Crippen LogP contribution in [0.3, 0.4) is 0 Å². The van der Waals surface area contributed by atoms with Gasteiger partial charge in [-0.1, -0.05) is 0 Å². The summed E-state index contributed by atoms with van der Waals surface area (Å²) in [6.07, 6.45) is -2.33. The Balaban J connectivity index is 2.54. The largest absolute Gasteiger partial charge is 0.396 e. The molecule has 1 atom stereocenters. The van der Waals surface area contributed by atoms with Gasteiger partial charge in [-0.2, -0.15) is 13.2 Å². The fourth-order valence-corrected chi connectivity index (χ4v) is 2.69. The van der Waals surface area contributed by atoms with Crippen LogP contribution in [-0.2, 0) is 0 Å². The third-order valence-electron chi connectivity index (χ3n) is 3.91. The van der Waals surface area contributed by atoms with Crippen molar-refractivity contribution in [3.05, 3.63) is 0 Å². The summed E-state index contributed by atoms with van der Waals surface area (Å²) in [4.78, 5) is 0. The SMILES string of the molecule is CC(CCO)NC1(CN)CCC(C(F)(F)F)CC1. The van der Waals surface area contributed by atoms with Crippen LogP contribution in [0.15, 0.2) is 0 Å². The Morgan fingerprint density at radius 1 is 1.39 bits per heavy atom. The molecule has 0 aliphatic heterocycles. The van der Waals surface area contributed by atoms with E-state index in [1.165, 1.54) is 0 Å². The molecule has 0 heterocycles. The van der Waals surface area contributed by atoms with Crippen molar-refractivity contribution in [2.24, 2.45) is 11.7 Å².